The second-order valence-electron chi connectivity index (χ2n) is 18.4. The molecule has 2 unspecified atom stereocenters. The Labute approximate surface area is 401 Å². The Morgan fingerprint density at radius 1 is 0.462 bits per heavy atom. The highest BCUT2D eigenvalue weighted by atomic mass is 31.2. The predicted molar refractivity (Wildman–Crippen MR) is 275 cm³/mol. The van der Waals surface area contributed by atoms with Crippen molar-refractivity contribution in [3.8, 4) is 0 Å². The van der Waals surface area contributed by atoms with Gasteiger partial charge in [-0.25, -0.2) is 4.57 Å². The number of phosphoric acid groups is 1. The molecule has 0 aromatic rings. The fourth-order valence-electron chi connectivity index (χ4n) is 7.90. The number of esters is 2. The minimum absolute atomic E-state index is 0.0537. The van der Waals surface area contributed by atoms with Crippen molar-refractivity contribution in [1.29, 1.82) is 0 Å². The summed E-state index contributed by atoms with van der Waals surface area (Å²) >= 11 is 0. The van der Waals surface area contributed by atoms with Crippen LogP contribution in [0.2, 0.25) is 0 Å². The molecule has 9 nitrogen and oxygen atoms in total. The highest BCUT2D eigenvalue weighted by Crippen LogP contribution is 2.43. The SMILES string of the molecule is CCCCCCC/C=C\C/C=C\CCCCCCCCCCCCCCCCCC(=O)OC(COC(=O)CCCCCCCCC/C=C\CCCCCCCC)COP(=O)(O)OCCN. The third-order valence-corrected chi connectivity index (χ3v) is 13.0. The molecule has 0 aliphatic rings. The van der Waals surface area contributed by atoms with Crippen molar-refractivity contribution in [1.82, 2.24) is 0 Å². The smallest absolute Gasteiger partial charge is 0.462 e. The first-order chi connectivity index (χ1) is 31.8. The number of carbonyl (C=O) groups is 2. The van der Waals surface area contributed by atoms with E-state index in [9.17, 15) is 19.0 Å². The van der Waals surface area contributed by atoms with E-state index in [0.29, 0.717) is 6.42 Å². The van der Waals surface area contributed by atoms with Crippen molar-refractivity contribution in [2.45, 2.75) is 277 Å². The van der Waals surface area contributed by atoms with Crippen molar-refractivity contribution in [3.05, 3.63) is 36.5 Å². The second kappa shape index (κ2) is 51.6. The van der Waals surface area contributed by atoms with Crippen LogP contribution in [0.5, 0.6) is 0 Å². The molecule has 0 saturated heterocycles. The van der Waals surface area contributed by atoms with E-state index in [1.54, 1.807) is 0 Å². The molecule has 0 aliphatic carbocycles. The van der Waals surface area contributed by atoms with Gasteiger partial charge in [0.25, 0.3) is 0 Å². The van der Waals surface area contributed by atoms with Gasteiger partial charge in [-0.3, -0.25) is 18.6 Å². The lowest BCUT2D eigenvalue weighted by Gasteiger charge is -2.19. The van der Waals surface area contributed by atoms with Gasteiger partial charge in [-0.15, -0.1) is 0 Å². The van der Waals surface area contributed by atoms with Crippen LogP contribution in [-0.4, -0.2) is 49.3 Å². The van der Waals surface area contributed by atoms with Crippen LogP contribution in [0.3, 0.4) is 0 Å². The van der Waals surface area contributed by atoms with Crippen molar-refractivity contribution in [3.63, 3.8) is 0 Å². The average Bonchev–Trinajstić information content (AvgIpc) is 3.30. The van der Waals surface area contributed by atoms with Gasteiger partial charge >= 0.3 is 19.8 Å². The van der Waals surface area contributed by atoms with Crippen molar-refractivity contribution in [2.75, 3.05) is 26.4 Å². The van der Waals surface area contributed by atoms with Crippen molar-refractivity contribution < 1.29 is 37.6 Å². The van der Waals surface area contributed by atoms with Crippen LogP contribution in [0.1, 0.15) is 271 Å². The largest absolute Gasteiger partial charge is 0.472 e. The molecule has 2 atom stereocenters. The summed E-state index contributed by atoms with van der Waals surface area (Å²) in [4.78, 5) is 35.1. The molecular formula is C55H104NO8P. The first kappa shape index (κ1) is 63.2. The molecule has 0 saturated carbocycles. The first-order valence-electron chi connectivity index (χ1n) is 27.5. The van der Waals surface area contributed by atoms with Crippen LogP contribution < -0.4 is 5.73 Å². The molecule has 0 bridgehead atoms. The Balaban J connectivity index is 3.96. The molecule has 10 heteroatoms. The minimum atomic E-state index is -4.38. The maximum absolute atomic E-state index is 12.7. The number of hydrogen-bond acceptors (Lipinski definition) is 8. The Morgan fingerprint density at radius 2 is 0.800 bits per heavy atom. The van der Waals surface area contributed by atoms with E-state index in [2.05, 4.69) is 50.3 Å². The highest BCUT2D eigenvalue weighted by molar-refractivity contribution is 7.47. The van der Waals surface area contributed by atoms with Crippen molar-refractivity contribution in [2.24, 2.45) is 5.73 Å². The molecule has 382 valence electrons. The highest BCUT2D eigenvalue weighted by Gasteiger charge is 2.26. The number of carbonyl (C=O) groups excluding carboxylic acids is 2. The summed E-state index contributed by atoms with van der Waals surface area (Å²) in [5.41, 5.74) is 5.37. The van der Waals surface area contributed by atoms with Gasteiger partial charge in [0.2, 0.25) is 0 Å². The van der Waals surface area contributed by atoms with Crippen LogP contribution in [0.15, 0.2) is 36.5 Å². The molecule has 65 heavy (non-hydrogen) atoms. The lowest BCUT2D eigenvalue weighted by Crippen LogP contribution is -2.29. The maximum atomic E-state index is 12.7. The second-order valence-corrected chi connectivity index (χ2v) is 19.9. The summed E-state index contributed by atoms with van der Waals surface area (Å²) in [7, 11) is -4.38. The average molecular weight is 938 g/mol. The third kappa shape index (κ3) is 51.5. The number of hydrogen-bond donors (Lipinski definition) is 2. The van der Waals surface area contributed by atoms with E-state index in [4.69, 9.17) is 24.3 Å². The summed E-state index contributed by atoms with van der Waals surface area (Å²) in [6, 6.07) is 0. The molecule has 3 N–H and O–H groups in total. The van der Waals surface area contributed by atoms with Crippen LogP contribution in [0.4, 0.5) is 0 Å². The number of nitrogens with two attached hydrogens (primary N) is 1. The zero-order valence-electron chi connectivity index (χ0n) is 42.5. The van der Waals surface area contributed by atoms with Crippen LogP contribution in [0.25, 0.3) is 0 Å². The molecule has 0 heterocycles. The molecule has 0 fully saturated rings. The summed E-state index contributed by atoms with van der Waals surface area (Å²) < 4.78 is 33.0. The summed E-state index contributed by atoms with van der Waals surface area (Å²) in [5, 5.41) is 0. The fraction of sp³-hybridized carbons (Fsp3) is 0.855. The molecule has 0 aromatic carbocycles. The minimum Gasteiger partial charge on any atom is -0.462 e. The van der Waals surface area contributed by atoms with Gasteiger partial charge < -0.3 is 20.1 Å². The predicted octanol–water partition coefficient (Wildman–Crippen LogP) is 16.8. The third-order valence-electron chi connectivity index (χ3n) is 12.0. The summed E-state index contributed by atoms with van der Waals surface area (Å²) in [6.45, 7) is 3.76. The van der Waals surface area contributed by atoms with Crippen LogP contribution in [-0.2, 0) is 32.7 Å². The topological polar surface area (TPSA) is 134 Å². The summed E-state index contributed by atoms with van der Waals surface area (Å²) in [6.07, 6.45) is 60.5. The quantitative estimate of drug-likeness (QED) is 0.0264. The molecule has 0 aromatic heterocycles. The molecule has 0 radical (unpaired) electrons. The molecule has 0 rings (SSSR count). The van der Waals surface area contributed by atoms with E-state index in [1.807, 2.05) is 0 Å². The lowest BCUT2D eigenvalue weighted by atomic mass is 10.0. The monoisotopic (exact) mass is 938 g/mol. The lowest BCUT2D eigenvalue weighted by molar-refractivity contribution is -0.161. The van der Waals surface area contributed by atoms with Crippen LogP contribution in [0, 0.1) is 0 Å². The number of phosphoric ester groups is 1. The van der Waals surface area contributed by atoms with Gasteiger partial charge in [0.05, 0.1) is 13.2 Å². The van der Waals surface area contributed by atoms with Gasteiger partial charge in [-0.2, -0.15) is 0 Å². The number of unbranched alkanes of at least 4 members (excludes halogenated alkanes) is 33. The Bertz CT molecular complexity index is 1160. The number of allylic oxidation sites excluding steroid dienone is 6. The molecule has 0 spiro atoms. The standard InChI is InChI=1S/C55H104NO8P/c1-3-5-7-9-11-13-15-17-19-21-22-23-24-25-26-27-28-29-30-32-34-36-38-40-42-44-46-48-55(58)64-53(52-63-65(59,60)62-50-49-56)51-61-54(57)47-45-43-41-39-37-35-33-31-20-18-16-14-12-10-8-6-4-2/h15,17-18,20-22,53H,3-14,16,19,23-52,56H2,1-2H3,(H,59,60)/b17-15-,20-18-,22-21-. The molecule has 0 amide bonds. The number of ether oxygens (including phenoxy) is 2. The van der Waals surface area contributed by atoms with Gasteiger partial charge in [-0.1, -0.05) is 224 Å². The maximum Gasteiger partial charge on any atom is 0.472 e. The Morgan fingerprint density at radius 3 is 1.18 bits per heavy atom. The van der Waals surface area contributed by atoms with E-state index < -0.39 is 26.5 Å². The van der Waals surface area contributed by atoms with Gasteiger partial charge in [0.1, 0.15) is 6.61 Å². The Kier molecular flexibility index (Phi) is 50.2. The van der Waals surface area contributed by atoms with E-state index in [-0.39, 0.29) is 38.6 Å². The normalized spacial score (nSPS) is 13.4. The van der Waals surface area contributed by atoms with E-state index in [0.717, 1.165) is 51.4 Å². The zero-order chi connectivity index (χ0) is 47.4. The van der Waals surface area contributed by atoms with E-state index >= 15 is 0 Å². The van der Waals surface area contributed by atoms with Crippen LogP contribution >= 0.6 is 7.82 Å². The molecular weight excluding hydrogens is 834 g/mol. The van der Waals surface area contributed by atoms with Gasteiger partial charge in [-0.05, 0) is 70.6 Å². The number of rotatable bonds is 52. The van der Waals surface area contributed by atoms with E-state index in [1.165, 1.54) is 186 Å². The molecule has 0 aliphatic heterocycles. The van der Waals surface area contributed by atoms with Crippen molar-refractivity contribution >= 4 is 19.8 Å². The Hall–Kier alpha value is -1.77. The first-order valence-corrected chi connectivity index (χ1v) is 29.0. The fourth-order valence-corrected chi connectivity index (χ4v) is 8.66. The van der Waals surface area contributed by atoms with Gasteiger partial charge in [0, 0.05) is 19.4 Å². The summed E-state index contributed by atoms with van der Waals surface area (Å²) in [5.74, 6) is -0.822. The zero-order valence-corrected chi connectivity index (χ0v) is 43.4. The van der Waals surface area contributed by atoms with Gasteiger partial charge in [0.15, 0.2) is 6.10 Å².